The summed E-state index contributed by atoms with van der Waals surface area (Å²) in [5.41, 5.74) is 0.306. The van der Waals surface area contributed by atoms with Gasteiger partial charge in [0.15, 0.2) is 5.69 Å². The number of benzene rings is 1. The molecule has 0 N–H and O–H groups in total. The topological polar surface area (TPSA) is 116 Å². The molecule has 0 amide bonds. The van der Waals surface area contributed by atoms with E-state index in [0.717, 1.165) is 0 Å². The first kappa shape index (κ1) is 13.5. The highest BCUT2D eigenvalue weighted by Crippen LogP contribution is 2.33. The van der Waals surface area contributed by atoms with Gasteiger partial charge in [0.1, 0.15) is 4.92 Å². The molecule has 2 rings (SSSR count). The fraction of sp³-hybridized carbons (Fsp3) is 0.182. The van der Waals surface area contributed by atoms with Crippen LogP contribution in [0.3, 0.4) is 0 Å². The predicted octanol–water partition coefficient (Wildman–Crippen LogP) is 2.22. The molecule has 0 atom stereocenters. The van der Waals surface area contributed by atoms with Crippen molar-refractivity contribution in [3.8, 4) is 11.3 Å². The largest absolute Gasteiger partial charge is 0.462 e. The van der Waals surface area contributed by atoms with Crippen LogP contribution in [0.15, 0.2) is 28.7 Å². The molecule has 0 fully saturated rings. The van der Waals surface area contributed by atoms with Crippen molar-refractivity contribution in [3.63, 3.8) is 0 Å². The monoisotopic (exact) mass is 278 g/mol. The summed E-state index contributed by atoms with van der Waals surface area (Å²) in [5, 5.41) is 21.5. The van der Waals surface area contributed by atoms with Crippen LogP contribution in [-0.2, 0) is 0 Å². The van der Waals surface area contributed by atoms with E-state index >= 15 is 0 Å². The quantitative estimate of drug-likeness (QED) is 0.621. The summed E-state index contributed by atoms with van der Waals surface area (Å²) in [7, 11) is 3.27. The first-order chi connectivity index (χ1) is 9.40. The molecule has 104 valence electrons. The normalized spacial score (nSPS) is 10.3. The molecule has 1 aromatic carbocycles. The second-order valence-electron chi connectivity index (χ2n) is 4.11. The van der Waals surface area contributed by atoms with E-state index in [1.165, 1.54) is 29.2 Å². The minimum atomic E-state index is -0.684. The van der Waals surface area contributed by atoms with Crippen molar-refractivity contribution in [2.45, 2.75) is 0 Å². The number of anilines is 1. The molecule has 9 nitrogen and oxygen atoms in total. The summed E-state index contributed by atoms with van der Waals surface area (Å²) in [6.07, 6.45) is 0. The lowest BCUT2D eigenvalue weighted by molar-refractivity contribution is -0.401. The van der Waals surface area contributed by atoms with Crippen molar-refractivity contribution in [2.75, 3.05) is 19.0 Å². The standard InChI is InChI=1S/C11H10N4O5/c1-13(2)11-12-9(10(20-11)15(18)19)7-3-5-8(6-4-7)14(16)17/h3-6H,1-2H3. The molecule has 0 aliphatic carbocycles. The van der Waals surface area contributed by atoms with Gasteiger partial charge in [-0.1, -0.05) is 0 Å². The molecule has 9 heteroatoms. The number of nitrogens with zero attached hydrogens (tertiary/aromatic N) is 4. The van der Waals surface area contributed by atoms with Gasteiger partial charge >= 0.3 is 11.9 Å². The zero-order chi connectivity index (χ0) is 14.9. The zero-order valence-corrected chi connectivity index (χ0v) is 10.6. The molecule has 1 aromatic heterocycles. The average molecular weight is 278 g/mol. The van der Waals surface area contributed by atoms with E-state index in [-0.39, 0.29) is 17.4 Å². The molecular weight excluding hydrogens is 268 g/mol. The molecule has 0 saturated heterocycles. The van der Waals surface area contributed by atoms with Gasteiger partial charge in [-0.15, -0.1) is 0 Å². The number of hydrogen-bond donors (Lipinski definition) is 0. The minimum Gasteiger partial charge on any atom is -0.365 e. The van der Waals surface area contributed by atoms with E-state index in [1.54, 1.807) is 14.1 Å². The van der Waals surface area contributed by atoms with Crippen LogP contribution in [0, 0.1) is 20.2 Å². The summed E-state index contributed by atoms with van der Waals surface area (Å²) < 4.78 is 5.05. The van der Waals surface area contributed by atoms with E-state index in [1.807, 2.05) is 0 Å². The van der Waals surface area contributed by atoms with E-state index in [9.17, 15) is 20.2 Å². The molecule has 2 aromatic rings. The van der Waals surface area contributed by atoms with Gasteiger partial charge in [0.25, 0.3) is 5.69 Å². The van der Waals surface area contributed by atoms with Gasteiger partial charge in [-0.05, 0) is 12.1 Å². The third-order valence-corrected chi connectivity index (χ3v) is 2.50. The van der Waals surface area contributed by atoms with Crippen molar-refractivity contribution in [3.05, 3.63) is 44.5 Å². The number of hydrogen-bond acceptors (Lipinski definition) is 7. The van der Waals surface area contributed by atoms with Crippen LogP contribution in [0.25, 0.3) is 11.3 Å². The van der Waals surface area contributed by atoms with Crippen LogP contribution in [0.1, 0.15) is 0 Å². The van der Waals surface area contributed by atoms with Gasteiger partial charge in [0.2, 0.25) is 0 Å². The Balaban J connectivity index is 2.50. The lowest BCUT2D eigenvalue weighted by Crippen LogP contribution is -2.08. The third-order valence-electron chi connectivity index (χ3n) is 2.50. The molecule has 0 bridgehead atoms. The Morgan fingerprint density at radius 2 is 1.70 bits per heavy atom. The number of oxazole rings is 1. The number of rotatable bonds is 4. The molecule has 0 saturated carbocycles. The molecule has 0 aliphatic rings. The van der Waals surface area contributed by atoms with Crippen molar-refractivity contribution in [1.29, 1.82) is 0 Å². The van der Waals surface area contributed by atoms with E-state index in [2.05, 4.69) is 4.98 Å². The first-order valence-electron chi connectivity index (χ1n) is 5.47. The van der Waals surface area contributed by atoms with E-state index in [0.29, 0.717) is 5.56 Å². The molecule has 1 heterocycles. The molecule has 0 aliphatic heterocycles. The molecule has 0 unspecified atom stereocenters. The Kier molecular flexibility index (Phi) is 3.34. The van der Waals surface area contributed by atoms with Crippen molar-refractivity contribution >= 4 is 17.6 Å². The summed E-state index contributed by atoms with van der Waals surface area (Å²) in [5.74, 6) is -0.498. The third kappa shape index (κ3) is 2.41. The first-order valence-corrected chi connectivity index (χ1v) is 5.47. The number of aromatic nitrogens is 1. The second-order valence-corrected chi connectivity index (χ2v) is 4.11. The van der Waals surface area contributed by atoms with E-state index in [4.69, 9.17) is 4.42 Å². The summed E-state index contributed by atoms with van der Waals surface area (Å²) in [6.45, 7) is 0. The van der Waals surface area contributed by atoms with Gasteiger partial charge in [-0.2, -0.15) is 4.98 Å². The highest BCUT2D eigenvalue weighted by molar-refractivity contribution is 5.69. The summed E-state index contributed by atoms with van der Waals surface area (Å²) in [4.78, 5) is 25.8. The van der Waals surface area contributed by atoms with Crippen LogP contribution >= 0.6 is 0 Å². The number of nitro benzene ring substituents is 1. The highest BCUT2D eigenvalue weighted by atomic mass is 16.7. The zero-order valence-electron chi connectivity index (χ0n) is 10.6. The van der Waals surface area contributed by atoms with Gasteiger partial charge < -0.3 is 9.32 Å². The maximum atomic E-state index is 11.0. The van der Waals surface area contributed by atoms with Crippen molar-refractivity contribution in [2.24, 2.45) is 0 Å². The maximum absolute atomic E-state index is 11.0. The smallest absolute Gasteiger partial charge is 0.365 e. The van der Waals surface area contributed by atoms with Crippen molar-refractivity contribution in [1.82, 2.24) is 4.98 Å². The van der Waals surface area contributed by atoms with E-state index < -0.39 is 15.7 Å². The van der Waals surface area contributed by atoms with Crippen LogP contribution in [0.5, 0.6) is 0 Å². The highest BCUT2D eigenvalue weighted by Gasteiger charge is 2.26. The lowest BCUT2D eigenvalue weighted by Gasteiger charge is -2.02. The van der Waals surface area contributed by atoms with Crippen LogP contribution in [-0.4, -0.2) is 28.9 Å². The Hall–Kier alpha value is -2.97. The fourth-order valence-corrected chi connectivity index (χ4v) is 1.55. The van der Waals surface area contributed by atoms with Gasteiger partial charge in [0.05, 0.1) is 4.92 Å². The Morgan fingerprint density at radius 1 is 1.10 bits per heavy atom. The molecule has 0 spiro atoms. The van der Waals surface area contributed by atoms with Gasteiger partial charge in [-0.25, -0.2) is 0 Å². The fourth-order valence-electron chi connectivity index (χ4n) is 1.55. The summed E-state index contributed by atoms with van der Waals surface area (Å²) >= 11 is 0. The average Bonchev–Trinajstić information content (AvgIpc) is 2.84. The lowest BCUT2D eigenvalue weighted by atomic mass is 10.1. The van der Waals surface area contributed by atoms with Crippen LogP contribution in [0.4, 0.5) is 17.6 Å². The van der Waals surface area contributed by atoms with Crippen LogP contribution in [0.2, 0.25) is 0 Å². The SMILES string of the molecule is CN(C)c1nc(-c2ccc([N+](=O)[O-])cc2)c([N+](=O)[O-])o1. The van der Waals surface area contributed by atoms with Gasteiger partial charge in [0, 0.05) is 31.8 Å². The van der Waals surface area contributed by atoms with Gasteiger partial charge in [-0.3, -0.25) is 20.2 Å². The Bertz CT molecular complexity index is 662. The minimum absolute atomic E-state index is 0.0357. The van der Waals surface area contributed by atoms with Crippen molar-refractivity contribution < 1.29 is 14.3 Å². The second kappa shape index (κ2) is 4.96. The number of non-ortho nitro benzene ring substituents is 1. The molecule has 20 heavy (non-hydrogen) atoms. The molecule has 0 radical (unpaired) electrons. The Labute approximate surface area is 112 Å². The number of nitro groups is 2. The maximum Gasteiger partial charge on any atom is 0.462 e. The Morgan fingerprint density at radius 3 is 2.15 bits per heavy atom. The summed E-state index contributed by atoms with van der Waals surface area (Å²) in [6, 6.07) is 5.38. The van der Waals surface area contributed by atoms with Crippen LogP contribution < -0.4 is 4.90 Å². The molecular formula is C11H10N4O5. The predicted molar refractivity (Wildman–Crippen MR) is 69.6 cm³/mol.